The Morgan fingerprint density at radius 3 is 2.48 bits per heavy atom. The van der Waals surface area contributed by atoms with Crippen molar-refractivity contribution in [1.82, 2.24) is 5.32 Å². The van der Waals surface area contributed by atoms with Crippen LogP contribution in [0.3, 0.4) is 0 Å². The molecule has 1 aliphatic rings. The largest absolute Gasteiger partial charge is 0.400 e. The van der Waals surface area contributed by atoms with Crippen molar-refractivity contribution < 1.29 is 5.11 Å². The van der Waals surface area contributed by atoms with Gasteiger partial charge in [0.15, 0.2) is 0 Å². The summed E-state index contributed by atoms with van der Waals surface area (Å²) < 4.78 is 0. The van der Waals surface area contributed by atoms with E-state index in [1.807, 2.05) is 24.4 Å². The third kappa shape index (κ3) is 4.93. The highest BCUT2D eigenvalue weighted by atomic mass is 16.2. The summed E-state index contributed by atoms with van der Waals surface area (Å²) in [5, 5.41) is 19.4. The molecule has 0 amide bonds. The molecule has 0 saturated carbocycles. The van der Waals surface area contributed by atoms with Gasteiger partial charge in [-0.1, -0.05) is 32.0 Å². The van der Waals surface area contributed by atoms with E-state index >= 15 is 0 Å². The highest BCUT2D eigenvalue weighted by Crippen LogP contribution is 2.32. The second-order valence-electron chi connectivity index (χ2n) is 5.69. The molecule has 132 valence electrons. The predicted octanol–water partition coefficient (Wildman–Crippen LogP) is 3.61. The quantitative estimate of drug-likeness (QED) is 0.782. The van der Waals surface area contributed by atoms with E-state index in [1.54, 1.807) is 0 Å². The number of nitrogens with zero attached hydrogens (tertiary/aromatic N) is 1. The first-order chi connectivity index (χ1) is 12.2. The molecule has 0 spiro atoms. The first-order valence-electron chi connectivity index (χ1n) is 8.29. The molecule has 4 nitrogen and oxygen atoms in total. The van der Waals surface area contributed by atoms with Crippen molar-refractivity contribution in [1.29, 1.82) is 5.26 Å². The summed E-state index contributed by atoms with van der Waals surface area (Å²) >= 11 is 0. The smallest absolute Gasteiger partial charge is 0.0991 e. The molecule has 4 N–H and O–H groups in total. The fourth-order valence-corrected chi connectivity index (χ4v) is 2.83. The molecule has 4 heteroatoms. The number of aliphatic hydroxyl groups excluding tert-OH is 1. The summed E-state index contributed by atoms with van der Waals surface area (Å²) in [7, 11) is 2.50. The van der Waals surface area contributed by atoms with Gasteiger partial charge in [-0.05, 0) is 71.3 Å². The fraction of sp³-hybridized carbons (Fsp3) is 0.286. The van der Waals surface area contributed by atoms with Crippen LogP contribution in [0.4, 0.5) is 0 Å². The lowest BCUT2D eigenvalue weighted by atomic mass is 9.88. The average molecular weight is 337 g/mol. The van der Waals surface area contributed by atoms with Crippen LogP contribution in [0.2, 0.25) is 0 Å². The van der Waals surface area contributed by atoms with Crippen molar-refractivity contribution in [3.8, 4) is 17.2 Å². The minimum atomic E-state index is 0.478. The Kier molecular flexibility index (Phi) is 8.42. The van der Waals surface area contributed by atoms with Gasteiger partial charge in [0.2, 0.25) is 0 Å². The highest BCUT2D eigenvalue weighted by Gasteiger charge is 2.14. The lowest BCUT2D eigenvalue weighted by Crippen LogP contribution is -2.13. The molecule has 0 aliphatic carbocycles. The summed E-state index contributed by atoms with van der Waals surface area (Å²) in [4.78, 5) is 0. The molecule has 2 aromatic rings. The molecule has 0 radical (unpaired) electrons. The molecule has 0 fully saturated rings. The number of fused-ring (bicyclic) bond motifs is 1. The minimum absolute atomic E-state index is 0.478. The molecule has 0 saturated heterocycles. The molecule has 0 unspecified atom stereocenters. The molecule has 0 bridgehead atoms. The number of benzene rings is 2. The van der Waals surface area contributed by atoms with E-state index in [-0.39, 0.29) is 0 Å². The monoisotopic (exact) mass is 337 g/mol. The number of nitriles is 1. The van der Waals surface area contributed by atoms with Gasteiger partial charge in [0.25, 0.3) is 0 Å². The van der Waals surface area contributed by atoms with E-state index in [4.69, 9.17) is 10.4 Å². The molecule has 1 heterocycles. The van der Waals surface area contributed by atoms with Gasteiger partial charge in [0.1, 0.15) is 0 Å². The zero-order valence-corrected chi connectivity index (χ0v) is 15.4. The third-order valence-electron chi connectivity index (χ3n) is 3.93. The normalized spacial score (nSPS) is 11.1. The Hall–Kier alpha value is -2.61. The third-order valence-corrected chi connectivity index (χ3v) is 3.93. The van der Waals surface area contributed by atoms with Crippen LogP contribution in [-0.2, 0) is 6.54 Å². The van der Waals surface area contributed by atoms with Gasteiger partial charge < -0.3 is 16.2 Å². The molecular weight excluding hydrogens is 310 g/mol. The van der Waals surface area contributed by atoms with Crippen molar-refractivity contribution in [2.45, 2.75) is 26.3 Å². The van der Waals surface area contributed by atoms with Crippen LogP contribution >= 0.6 is 0 Å². The van der Waals surface area contributed by atoms with Gasteiger partial charge >= 0.3 is 0 Å². The van der Waals surface area contributed by atoms with Crippen molar-refractivity contribution in [2.24, 2.45) is 5.73 Å². The molecule has 3 rings (SSSR count). The summed E-state index contributed by atoms with van der Waals surface area (Å²) in [6.45, 7) is 5.34. The van der Waals surface area contributed by atoms with Crippen molar-refractivity contribution in [3.63, 3.8) is 0 Å². The first-order valence-corrected chi connectivity index (χ1v) is 8.29. The summed E-state index contributed by atoms with van der Waals surface area (Å²) in [5.74, 6) is 0.478. The summed E-state index contributed by atoms with van der Waals surface area (Å²) in [6, 6.07) is 14.5. The molecule has 0 aromatic heterocycles. The highest BCUT2D eigenvalue weighted by molar-refractivity contribution is 5.72. The average Bonchev–Trinajstić information content (AvgIpc) is 2.70. The van der Waals surface area contributed by atoms with E-state index in [1.165, 1.54) is 29.3 Å². The Morgan fingerprint density at radius 2 is 1.84 bits per heavy atom. The summed E-state index contributed by atoms with van der Waals surface area (Å²) in [5.41, 5.74) is 11.5. The zero-order valence-electron chi connectivity index (χ0n) is 15.4. The molecule has 25 heavy (non-hydrogen) atoms. The van der Waals surface area contributed by atoms with Crippen molar-refractivity contribution >= 4 is 6.08 Å². The van der Waals surface area contributed by atoms with E-state index in [0.717, 1.165) is 19.2 Å². The van der Waals surface area contributed by atoms with Gasteiger partial charge in [0, 0.05) is 13.7 Å². The van der Waals surface area contributed by atoms with E-state index in [0.29, 0.717) is 11.5 Å². The maximum atomic E-state index is 9.07. The Balaban J connectivity index is 0.000000730. The Labute approximate surface area is 150 Å². The number of aliphatic hydroxyl groups is 1. The minimum Gasteiger partial charge on any atom is -0.400 e. The van der Waals surface area contributed by atoms with Crippen LogP contribution in [0.5, 0.6) is 0 Å². The standard InChI is InChI=1S/C19H18N2.CH5N.CH4O/c1-13(2)18-10-17(9-16-6-7-21-12-19(16)18)15-5-3-4-14(8-15)11-20;2*1-2/h3-10,13,21H,12H2,1-2H3;2H2,1H3;2H,1H3. The number of hydrogen-bond donors (Lipinski definition) is 3. The first kappa shape index (κ1) is 20.4. The van der Waals surface area contributed by atoms with E-state index in [9.17, 15) is 0 Å². The van der Waals surface area contributed by atoms with E-state index < -0.39 is 0 Å². The second kappa shape index (κ2) is 10.3. The lowest BCUT2D eigenvalue weighted by Gasteiger charge is -2.21. The molecule has 0 atom stereocenters. The number of hydrogen-bond acceptors (Lipinski definition) is 4. The van der Waals surface area contributed by atoms with E-state index in [2.05, 4.69) is 55.2 Å². The number of nitrogens with two attached hydrogens (primary N) is 1. The maximum absolute atomic E-state index is 9.07. The van der Waals surface area contributed by atoms with Crippen LogP contribution in [0.1, 0.15) is 42.0 Å². The number of rotatable bonds is 2. The molecule has 2 aromatic carbocycles. The van der Waals surface area contributed by atoms with Gasteiger partial charge in [-0.3, -0.25) is 0 Å². The lowest BCUT2D eigenvalue weighted by molar-refractivity contribution is 0.399. The van der Waals surface area contributed by atoms with Crippen LogP contribution in [0, 0.1) is 11.3 Å². The molecule has 1 aliphatic heterocycles. The topological polar surface area (TPSA) is 82.1 Å². The van der Waals surface area contributed by atoms with Crippen LogP contribution in [0.15, 0.2) is 42.6 Å². The van der Waals surface area contributed by atoms with Crippen LogP contribution in [-0.4, -0.2) is 19.3 Å². The second-order valence-corrected chi connectivity index (χ2v) is 5.69. The van der Waals surface area contributed by atoms with Gasteiger partial charge in [-0.2, -0.15) is 5.26 Å². The SMILES string of the molecule is CC(C)c1cc(-c2cccc(C#N)c2)cc2c1CNC=C2.CN.CO. The Bertz CT molecular complexity index is 758. The van der Waals surface area contributed by atoms with Gasteiger partial charge in [-0.25, -0.2) is 0 Å². The predicted molar refractivity (Wildman–Crippen MR) is 105 cm³/mol. The van der Waals surface area contributed by atoms with Gasteiger partial charge in [0.05, 0.1) is 11.6 Å². The van der Waals surface area contributed by atoms with Gasteiger partial charge in [-0.15, -0.1) is 0 Å². The van der Waals surface area contributed by atoms with Crippen LogP contribution in [0.25, 0.3) is 17.2 Å². The van der Waals surface area contributed by atoms with Crippen molar-refractivity contribution in [3.05, 3.63) is 64.9 Å². The van der Waals surface area contributed by atoms with Crippen LogP contribution < -0.4 is 11.1 Å². The fourth-order valence-electron chi connectivity index (χ4n) is 2.83. The molecular formula is C21H27N3O. The maximum Gasteiger partial charge on any atom is 0.0991 e. The van der Waals surface area contributed by atoms with Crippen molar-refractivity contribution in [2.75, 3.05) is 14.2 Å². The summed E-state index contributed by atoms with van der Waals surface area (Å²) in [6.07, 6.45) is 4.13. The zero-order chi connectivity index (χ0) is 18.8. The Morgan fingerprint density at radius 1 is 1.12 bits per heavy atom. The number of nitrogens with one attached hydrogen (secondary N) is 1.